The molecule has 140 valence electrons. The number of esters is 1. The lowest BCUT2D eigenvalue weighted by molar-refractivity contribution is -0.147. The van der Waals surface area contributed by atoms with Gasteiger partial charge in [0.2, 0.25) is 0 Å². The lowest BCUT2D eigenvalue weighted by Crippen LogP contribution is -2.25. The third-order valence-corrected chi connectivity index (χ3v) is 5.65. The van der Waals surface area contributed by atoms with Gasteiger partial charge in [-0.2, -0.15) is 0 Å². The number of carbonyl (C=O) groups is 1. The van der Waals surface area contributed by atoms with Gasteiger partial charge in [0, 0.05) is 14.7 Å². The molecular weight excluding hydrogens is 316 g/mol. The van der Waals surface area contributed by atoms with Crippen molar-refractivity contribution >= 4 is 14.0 Å². The Labute approximate surface area is 150 Å². The van der Waals surface area contributed by atoms with Crippen molar-refractivity contribution in [3.05, 3.63) is 23.3 Å². The van der Waals surface area contributed by atoms with Crippen LogP contribution in [0.2, 0.25) is 25.7 Å². The number of ether oxygens (including phenoxy) is 2. The minimum Gasteiger partial charge on any atom is -0.469 e. The number of allylic oxidation sites excluding steroid dienone is 4. The van der Waals surface area contributed by atoms with Gasteiger partial charge in [-0.05, 0) is 52.5 Å². The average molecular weight is 355 g/mol. The molecule has 3 nitrogen and oxygen atoms in total. The Morgan fingerprint density at radius 1 is 1.08 bits per heavy atom. The molecule has 0 saturated heterocycles. The molecule has 0 saturated carbocycles. The van der Waals surface area contributed by atoms with Gasteiger partial charge >= 0.3 is 5.97 Å². The first-order chi connectivity index (χ1) is 11.2. The van der Waals surface area contributed by atoms with Gasteiger partial charge < -0.3 is 9.47 Å². The highest BCUT2D eigenvalue weighted by molar-refractivity contribution is 6.76. The van der Waals surface area contributed by atoms with Crippen LogP contribution in [0.15, 0.2) is 23.3 Å². The molecule has 0 bridgehead atoms. The van der Waals surface area contributed by atoms with Crippen LogP contribution < -0.4 is 0 Å². The second-order valence-corrected chi connectivity index (χ2v) is 13.7. The van der Waals surface area contributed by atoms with Gasteiger partial charge in [-0.15, -0.1) is 0 Å². The summed E-state index contributed by atoms with van der Waals surface area (Å²) in [7, 11) is 0.375. The molecule has 0 unspecified atom stereocenters. The first kappa shape index (κ1) is 23.1. The maximum atomic E-state index is 11.9. The van der Waals surface area contributed by atoms with Crippen LogP contribution in [0.5, 0.6) is 0 Å². The minimum absolute atomic E-state index is 0.154. The Kier molecular flexibility index (Phi) is 12.0. The maximum Gasteiger partial charge on any atom is 0.311 e. The van der Waals surface area contributed by atoms with Crippen LogP contribution in [0.25, 0.3) is 0 Å². The average Bonchev–Trinajstić information content (AvgIpc) is 2.47. The van der Waals surface area contributed by atoms with Crippen molar-refractivity contribution in [1.29, 1.82) is 0 Å². The zero-order chi connectivity index (χ0) is 18.6. The summed E-state index contributed by atoms with van der Waals surface area (Å²) in [6.45, 7) is 14.6. The third kappa shape index (κ3) is 13.6. The van der Waals surface area contributed by atoms with Crippen molar-refractivity contribution < 1.29 is 14.3 Å². The van der Waals surface area contributed by atoms with Crippen molar-refractivity contribution in [1.82, 2.24) is 0 Å². The summed E-state index contributed by atoms with van der Waals surface area (Å²) in [4.78, 5) is 11.9. The van der Waals surface area contributed by atoms with Crippen molar-refractivity contribution in [3.8, 4) is 0 Å². The largest absolute Gasteiger partial charge is 0.469 e. The van der Waals surface area contributed by atoms with Crippen LogP contribution >= 0.6 is 0 Å². The highest BCUT2D eigenvalue weighted by atomic mass is 28.3. The van der Waals surface area contributed by atoms with E-state index in [4.69, 9.17) is 9.47 Å². The second-order valence-electron chi connectivity index (χ2n) is 8.05. The summed E-state index contributed by atoms with van der Waals surface area (Å²) >= 11 is 0. The Balaban J connectivity index is 4.24. The molecule has 24 heavy (non-hydrogen) atoms. The first-order valence-electron chi connectivity index (χ1n) is 9.10. The van der Waals surface area contributed by atoms with Gasteiger partial charge in [0.25, 0.3) is 0 Å². The summed E-state index contributed by atoms with van der Waals surface area (Å²) in [6, 6.07) is 1.13. The molecule has 1 atom stereocenters. The summed E-state index contributed by atoms with van der Waals surface area (Å²) in [5, 5.41) is 0. The molecule has 0 N–H and O–H groups in total. The van der Waals surface area contributed by atoms with Crippen LogP contribution in [0.1, 0.15) is 46.5 Å². The molecule has 0 fully saturated rings. The summed E-state index contributed by atoms with van der Waals surface area (Å²) in [5.41, 5.74) is 2.75. The topological polar surface area (TPSA) is 35.5 Å². The Morgan fingerprint density at radius 3 is 2.29 bits per heavy atom. The molecule has 0 rings (SSSR count). The maximum absolute atomic E-state index is 11.9. The molecule has 0 aromatic carbocycles. The summed E-state index contributed by atoms with van der Waals surface area (Å²) < 4.78 is 10.7. The highest BCUT2D eigenvalue weighted by Gasteiger charge is 2.19. The molecule has 0 aliphatic heterocycles. The predicted octanol–water partition coefficient (Wildman–Crippen LogP) is 5.60. The van der Waals surface area contributed by atoms with Crippen LogP contribution in [0.3, 0.4) is 0 Å². The smallest absolute Gasteiger partial charge is 0.311 e. The standard InChI is InChI=1S/C20H38O3Si/c1-17(2)10-8-11-18(3)12-9-13-19(20(21)22-4)16-23-14-15-24(5,6)7/h10,12,19H,8-9,11,13-16H2,1-7H3/b18-12+/t19-/m0/s1. The third-order valence-electron chi connectivity index (χ3n) is 3.95. The van der Waals surface area contributed by atoms with E-state index in [1.54, 1.807) is 0 Å². The van der Waals surface area contributed by atoms with E-state index in [-0.39, 0.29) is 11.9 Å². The SMILES string of the molecule is COC(=O)[C@@H](CC/C=C(\C)CCC=C(C)C)COCC[Si](C)(C)C. The normalized spacial score (nSPS) is 13.5. The lowest BCUT2D eigenvalue weighted by Gasteiger charge is -2.18. The fourth-order valence-corrected chi connectivity index (χ4v) is 3.02. The Hall–Kier alpha value is -0.873. The Bertz CT molecular complexity index is 415. The number of hydrogen-bond acceptors (Lipinski definition) is 3. The highest BCUT2D eigenvalue weighted by Crippen LogP contribution is 2.15. The molecule has 0 heterocycles. The van der Waals surface area contributed by atoms with Crippen molar-refractivity contribution in [2.24, 2.45) is 5.92 Å². The molecular formula is C20H38O3Si. The number of methoxy groups -OCH3 is 1. The van der Waals surface area contributed by atoms with Crippen LogP contribution in [-0.4, -0.2) is 34.4 Å². The monoisotopic (exact) mass is 354 g/mol. The van der Waals surface area contributed by atoms with Gasteiger partial charge in [0.05, 0.1) is 19.6 Å². The molecule has 0 aliphatic rings. The molecule has 0 aromatic rings. The van der Waals surface area contributed by atoms with E-state index >= 15 is 0 Å². The lowest BCUT2D eigenvalue weighted by atomic mass is 10.0. The minimum atomic E-state index is -1.08. The zero-order valence-corrected chi connectivity index (χ0v) is 17.9. The molecule has 0 radical (unpaired) electrons. The number of hydrogen-bond donors (Lipinski definition) is 0. The fourth-order valence-electron chi connectivity index (χ4n) is 2.26. The van der Waals surface area contributed by atoms with E-state index < -0.39 is 8.07 Å². The first-order valence-corrected chi connectivity index (χ1v) is 12.8. The van der Waals surface area contributed by atoms with Gasteiger partial charge in [0.1, 0.15) is 0 Å². The Morgan fingerprint density at radius 2 is 1.75 bits per heavy atom. The van der Waals surface area contributed by atoms with Gasteiger partial charge in [0.15, 0.2) is 0 Å². The summed E-state index contributed by atoms with van der Waals surface area (Å²) in [6.07, 6.45) is 8.38. The summed E-state index contributed by atoms with van der Waals surface area (Å²) in [5.74, 6) is -0.308. The van der Waals surface area contributed by atoms with E-state index in [1.165, 1.54) is 18.3 Å². The van der Waals surface area contributed by atoms with Crippen LogP contribution in [0, 0.1) is 5.92 Å². The van der Waals surface area contributed by atoms with Crippen LogP contribution in [-0.2, 0) is 14.3 Å². The van der Waals surface area contributed by atoms with Crippen LogP contribution in [0.4, 0.5) is 0 Å². The van der Waals surface area contributed by atoms with E-state index in [1.807, 2.05) is 0 Å². The number of rotatable bonds is 12. The van der Waals surface area contributed by atoms with E-state index in [0.29, 0.717) is 6.61 Å². The molecule has 0 spiro atoms. The van der Waals surface area contributed by atoms with Gasteiger partial charge in [-0.3, -0.25) is 4.79 Å². The predicted molar refractivity (Wildman–Crippen MR) is 106 cm³/mol. The second kappa shape index (κ2) is 12.5. The molecule has 0 aromatic heterocycles. The molecule has 0 amide bonds. The molecule has 4 heteroatoms. The number of carbonyl (C=O) groups excluding carboxylic acids is 1. The zero-order valence-electron chi connectivity index (χ0n) is 16.9. The van der Waals surface area contributed by atoms with E-state index in [2.05, 4.69) is 52.6 Å². The fraction of sp³-hybridized carbons (Fsp3) is 0.750. The van der Waals surface area contributed by atoms with Crippen molar-refractivity contribution in [2.75, 3.05) is 20.3 Å². The molecule has 0 aliphatic carbocycles. The van der Waals surface area contributed by atoms with E-state index in [9.17, 15) is 4.79 Å². The quantitative estimate of drug-likeness (QED) is 0.198. The van der Waals surface area contributed by atoms with Gasteiger partial charge in [-0.1, -0.05) is 42.9 Å². The van der Waals surface area contributed by atoms with Gasteiger partial charge in [-0.25, -0.2) is 0 Å². The van der Waals surface area contributed by atoms with Crippen molar-refractivity contribution in [3.63, 3.8) is 0 Å². The van der Waals surface area contributed by atoms with E-state index in [0.717, 1.165) is 38.3 Å². The van der Waals surface area contributed by atoms with Crippen molar-refractivity contribution in [2.45, 2.75) is 72.1 Å².